The number of aromatic amines is 1. The van der Waals surface area contributed by atoms with E-state index in [2.05, 4.69) is 41.9 Å². The number of H-pyrrole nitrogens is 1. The number of imidazole rings is 1. The Balaban J connectivity index is 1.24. The number of nitrogens with two attached hydrogens (primary N) is 1. The molecule has 5 N–H and O–H groups in total. The summed E-state index contributed by atoms with van der Waals surface area (Å²) >= 11 is 6.30. The lowest BCUT2D eigenvalue weighted by atomic mass is 9.89. The van der Waals surface area contributed by atoms with Gasteiger partial charge in [0.25, 0.3) is 0 Å². The van der Waals surface area contributed by atoms with Gasteiger partial charge in [-0.15, -0.1) is 0 Å². The van der Waals surface area contributed by atoms with Crippen molar-refractivity contribution >= 4 is 28.5 Å². The summed E-state index contributed by atoms with van der Waals surface area (Å²) < 4.78 is 18.9. The molecular weight excluding hydrogens is 641 g/mol. The van der Waals surface area contributed by atoms with Gasteiger partial charge in [0.05, 0.1) is 28.6 Å². The molecule has 0 saturated carbocycles. The van der Waals surface area contributed by atoms with Gasteiger partial charge in [0.2, 0.25) is 0 Å². The zero-order chi connectivity index (χ0) is 34.5. The van der Waals surface area contributed by atoms with Crippen LogP contribution in [0.5, 0.6) is 0 Å². The summed E-state index contributed by atoms with van der Waals surface area (Å²) in [6.07, 6.45) is 14.1. The van der Waals surface area contributed by atoms with Crippen LogP contribution in [0.15, 0.2) is 72.2 Å². The average Bonchev–Trinajstić information content (AvgIpc) is 3.75. The molecule has 0 aliphatic carbocycles. The van der Waals surface area contributed by atoms with E-state index in [1.165, 1.54) is 10.1 Å². The Hall–Kier alpha value is -4.32. The highest BCUT2D eigenvalue weighted by Gasteiger charge is 2.31. The molecule has 0 unspecified atom stereocenters. The van der Waals surface area contributed by atoms with E-state index in [4.69, 9.17) is 22.7 Å². The molecule has 10 nitrogen and oxygen atoms in total. The van der Waals surface area contributed by atoms with Gasteiger partial charge in [0.15, 0.2) is 5.82 Å². The molecule has 12 heteroatoms. The topological polar surface area (TPSA) is 134 Å². The lowest BCUT2D eigenvalue weighted by molar-refractivity contribution is 0.0736. The molecule has 1 aliphatic heterocycles. The normalized spacial score (nSPS) is 17.4. The maximum atomic E-state index is 15.2. The number of hydrogen-bond acceptors (Lipinski definition) is 6. The Morgan fingerprint density at radius 2 is 2.02 bits per heavy atom. The minimum absolute atomic E-state index is 0.0577. The number of amidine groups is 1. The first-order valence-corrected chi connectivity index (χ1v) is 17.5. The lowest BCUT2D eigenvalue weighted by Gasteiger charge is -2.43. The molecule has 1 fully saturated rings. The van der Waals surface area contributed by atoms with Gasteiger partial charge in [0.1, 0.15) is 5.65 Å². The van der Waals surface area contributed by atoms with Crippen LogP contribution in [0.25, 0.3) is 28.0 Å². The van der Waals surface area contributed by atoms with Crippen LogP contribution < -0.4 is 16.7 Å². The Morgan fingerprint density at radius 3 is 2.76 bits per heavy atom. The van der Waals surface area contributed by atoms with Crippen molar-refractivity contribution < 1.29 is 4.39 Å². The monoisotopic (exact) mass is 685 g/mol. The molecule has 2 aromatic carbocycles. The number of aromatic nitrogens is 5. The fraction of sp³-hybridized carbons (Fsp3) is 0.405. The zero-order valence-electron chi connectivity index (χ0n) is 28.1. The zero-order valence-corrected chi connectivity index (χ0v) is 28.9. The molecule has 0 amide bonds. The predicted octanol–water partition coefficient (Wildman–Crippen LogP) is 6.61. The summed E-state index contributed by atoms with van der Waals surface area (Å²) in [5, 5.41) is 11.7. The first kappa shape index (κ1) is 34.5. The van der Waals surface area contributed by atoms with Crippen LogP contribution >= 0.6 is 11.6 Å². The van der Waals surface area contributed by atoms with Crippen LogP contribution in [-0.2, 0) is 13.0 Å². The van der Waals surface area contributed by atoms with E-state index in [0.29, 0.717) is 39.9 Å². The summed E-state index contributed by atoms with van der Waals surface area (Å²) in [7, 11) is 0. The van der Waals surface area contributed by atoms with Crippen LogP contribution in [0.2, 0.25) is 5.02 Å². The number of nitrogens with one attached hydrogen (secondary N) is 3. The highest BCUT2D eigenvalue weighted by molar-refractivity contribution is 6.31. The number of fused-ring (bicyclic) bond motifs is 1. The number of aryl methyl sites for hydroxylation is 1. The first-order valence-electron chi connectivity index (χ1n) is 17.1. The van der Waals surface area contributed by atoms with E-state index in [-0.39, 0.29) is 17.1 Å². The fourth-order valence-electron chi connectivity index (χ4n) is 7.01. The van der Waals surface area contributed by atoms with Crippen molar-refractivity contribution in [3.8, 4) is 16.9 Å². The summed E-state index contributed by atoms with van der Waals surface area (Å²) in [6, 6.07) is 14.2. The van der Waals surface area contributed by atoms with Crippen LogP contribution in [0.4, 0.5) is 4.39 Å². The van der Waals surface area contributed by atoms with E-state index < -0.39 is 11.5 Å². The van der Waals surface area contributed by atoms with Crippen molar-refractivity contribution in [2.75, 3.05) is 13.1 Å². The first-order chi connectivity index (χ1) is 23.7. The van der Waals surface area contributed by atoms with Gasteiger partial charge in [-0.3, -0.25) is 14.9 Å². The van der Waals surface area contributed by atoms with Crippen molar-refractivity contribution in [1.82, 2.24) is 34.3 Å². The fourth-order valence-corrected chi connectivity index (χ4v) is 7.25. The largest absolute Gasteiger partial charge is 0.374 e. The Labute approximate surface area is 291 Å². The quantitative estimate of drug-likeness (QED) is 0.0814. The maximum absolute atomic E-state index is 15.2. The Bertz CT molecular complexity index is 1930. The number of likely N-dealkylation sites (tertiary alicyclic amines) is 1. The third kappa shape index (κ3) is 8.29. The molecule has 3 atom stereocenters. The second-order valence-corrected chi connectivity index (χ2v) is 13.7. The van der Waals surface area contributed by atoms with Crippen molar-refractivity contribution in [1.29, 1.82) is 5.41 Å². The number of halogens is 2. The smallest absolute Gasteiger partial charge is 0.354 e. The third-order valence-corrected chi connectivity index (χ3v) is 9.77. The minimum atomic E-state index is -0.514. The average molecular weight is 686 g/mol. The van der Waals surface area contributed by atoms with E-state index in [9.17, 15) is 4.79 Å². The van der Waals surface area contributed by atoms with Gasteiger partial charge >= 0.3 is 5.69 Å². The number of benzene rings is 2. The number of rotatable bonds is 13. The number of hydrogen-bond donors (Lipinski definition) is 4. The number of piperidine rings is 1. The molecule has 49 heavy (non-hydrogen) atoms. The van der Waals surface area contributed by atoms with Gasteiger partial charge in [-0.05, 0) is 100 Å². The van der Waals surface area contributed by atoms with Gasteiger partial charge in [-0.2, -0.15) is 4.98 Å². The van der Waals surface area contributed by atoms with E-state index in [0.717, 1.165) is 70.1 Å². The maximum Gasteiger partial charge on any atom is 0.354 e. The molecule has 5 aromatic rings. The van der Waals surface area contributed by atoms with Crippen LogP contribution in [-0.4, -0.2) is 60.0 Å². The Morgan fingerprint density at radius 1 is 1.20 bits per heavy atom. The van der Waals surface area contributed by atoms with E-state index in [1.54, 1.807) is 31.5 Å². The summed E-state index contributed by atoms with van der Waals surface area (Å²) in [6.45, 7) is 6.24. The molecule has 1 aliphatic rings. The summed E-state index contributed by atoms with van der Waals surface area (Å²) in [5.74, 6) is -0.0265. The molecule has 258 valence electrons. The molecule has 1 saturated heterocycles. The van der Waals surface area contributed by atoms with Crippen molar-refractivity contribution in [3.05, 3.63) is 99.8 Å². The molecule has 0 bridgehead atoms. The third-order valence-electron chi connectivity index (χ3n) is 9.49. The van der Waals surface area contributed by atoms with Crippen molar-refractivity contribution in [2.45, 2.75) is 83.5 Å². The SMILES string of the molecule is CC(=N)NCC[C@@H]1CCC[C@@H](c2ccc(-n3cc4cc(-c5cc(CCC[C@H](C)N)cc(Cl)c5F)[nH]c4nc3=O)cc2)N1CCn1ccnc1. The predicted molar refractivity (Wildman–Crippen MR) is 194 cm³/mol. The molecule has 3 aromatic heterocycles. The van der Waals surface area contributed by atoms with E-state index >= 15 is 4.39 Å². The highest BCUT2D eigenvalue weighted by atomic mass is 35.5. The molecule has 6 rings (SSSR count). The summed E-state index contributed by atoms with van der Waals surface area (Å²) in [4.78, 5) is 27.5. The molecule has 0 radical (unpaired) electrons. The number of nitrogens with zero attached hydrogens (tertiary/aromatic N) is 5. The lowest BCUT2D eigenvalue weighted by Crippen LogP contribution is -2.44. The second-order valence-electron chi connectivity index (χ2n) is 13.3. The van der Waals surface area contributed by atoms with E-state index in [1.807, 2.05) is 37.6 Å². The Kier molecular flexibility index (Phi) is 10.9. The standard InChI is InChI=1S/C37H45ClFN9O/c1-24(40)5-3-6-26-19-31(35(39)32(38)20-26)33-21-28-22-48(37(49)45-36(28)44-33)30-11-9-27(10-12-30)34-8-4-7-29(13-14-43-25(2)41)47(34)18-17-46-16-15-42-23-46/h9-12,15-16,19-24,29,34H,3-8,13-14,17-18,40H2,1-2H3,(H2,41,43)(H,44,45,49)/t24-,29-,34-/m0/s1. The molecule has 0 spiro atoms. The minimum Gasteiger partial charge on any atom is -0.374 e. The highest BCUT2D eigenvalue weighted by Crippen LogP contribution is 2.36. The molecular formula is C37H45ClFN9O. The second kappa shape index (κ2) is 15.5. The summed E-state index contributed by atoms with van der Waals surface area (Å²) in [5.41, 5.74) is 9.56. The van der Waals surface area contributed by atoms with Crippen molar-refractivity contribution in [3.63, 3.8) is 0 Å². The van der Waals surface area contributed by atoms with Gasteiger partial charge in [-0.1, -0.05) is 23.7 Å². The van der Waals surface area contributed by atoms with Gasteiger partial charge < -0.3 is 20.6 Å². The molecule has 4 heterocycles. The van der Waals surface area contributed by atoms with Crippen LogP contribution in [0.1, 0.15) is 69.5 Å². The van der Waals surface area contributed by atoms with Crippen LogP contribution in [0, 0.1) is 11.2 Å². The van der Waals surface area contributed by atoms with Gasteiger partial charge in [-0.25, -0.2) is 14.2 Å². The van der Waals surface area contributed by atoms with Gasteiger partial charge in [0, 0.05) is 67.3 Å². The van der Waals surface area contributed by atoms with Crippen LogP contribution in [0.3, 0.4) is 0 Å². The van der Waals surface area contributed by atoms with Crippen molar-refractivity contribution in [2.24, 2.45) is 5.73 Å².